The first-order valence-corrected chi connectivity index (χ1v) is 6.93. The van der Waals surface area contributed by atoms with Crippen LogP contribution in [0.25, 0.3) is 5.52 Å². The van der Waals surface area contributed by atoms with Gasteiger partial charge < -0.3 is 9.72 Å². The maximum atomic E-state index is 12.4. The van der Waals surface area contributed by atoms with E-state index in [9.17, 15) is 4.79 Å². The highest BCUT2D eigenvalue weighted by atomic mass is 16.1. The Hall–Kier alpha value is -2.62. The largest absolute Gasteiger partial charge is 0.347 e. The Labute approximate surface area is 123 Å². The van der Waals surface area contributed by atoms with Crippen molar-refractivity contribution in [3.05, 3.63) is 71.3 Å². The minimum Gasteiger partial charge on any atom is -0.347 e. The number of amides is 1. The van der Waals surface area contributed by atoms with E-state index < -0.39 is 0 Å². The summed E-state index contributed by atoms with van der Waals surface area (Å²) in [6.07, 6.45) is 1.91. The molecule has 0 saturated heterocycles. The third kappa shape index (κ3) is 2.52. The first kappa shape index (κ1) is 13.4. The van der Waals surface area contributed by atoms with Crippen LogP contribution in [0.3, 0.4) is 0 Å². The van der Waals surface area contributed by atoms with Gasteiger partial charge in [0.2, 0.25) is 0 Å². The molecule has 0 spiro atoms. The number of pyridine rings is 1. The summed E-state index contributed by atoms with van der Waals surface area (Å²) in [5.74, 6) is 0.668. The van der Waals surface area contributed by atoms with E-state index in [4.69, 9.17) is 0 Å². The number of carbonyl (C=O) groups excluding carboxylic acids is 1. The van der Waals surface area contributed by atoms with Crippen LogP contribution >= 0.6 is 0 Å². The summed E-state index contributed by atoms with van der Waals surface area (Å²) in [6.45, 7) is 4.44. The molecule has 3 aromatic rings. The Kier molecular flexibility index (Phi) is 3.44. The maximum absolute atomic E-state index is 12.4. The van der Waals surface area contributed by atoms with Gasteiger partial charge in [-0.25, -0.2) is 4.98 Å². The van der Waals surface area contributed by atoms with Gasteiger partial charge >= 0.3 is 0 Å². The number of benzene rings is 1. The number of aryl methyl sites for hydroxylation is 2. The van der Waals surface area contributed by atoms with Gasteiger partial charge in [0.1, 0.15) is 5.82 Å². The minimum atomic E-state index is -0.143. The van der Waals surface area contributed by atoms with Crippen molar-refractivity contribution in [1.29, 1.82) is 0 Å². The quantitative estimate of drug-likeness (QED) is 0.801. The lowest BCUT2D eigenvalue weighted by atomic mass is 10.1. The van der Waals surface area contributed by atoms with E-state index >= 15 is 0 Å². The molecule has 2 aromatic heterocycles. The molecular weight excluding hydrogens is 262 g/mol. The SMILES string of the molecule is Cc1ccccc1CNC(=O)c1nc(C)n2ccccc12. The molecule has 0 aliphatic heterocycles. The lowest BCUT2D eigenvalue weighted by Gasteiger charge is -2.06. The third-order valence-electron chi connectivity index (χ3n) is 3.64. The molecule has 1 amide bonds. The molecule has 21 heavy (non-hydrogen) atoms. The van der Waals surface area contributed by atoms with Crippen LogP contribution in [0.5, 0.6) is 0 Å². The van der Waals surface area contributed by atoms with Gasteiger partial charge in [0.15, 0.2) is 5.69 Å². The fourth-order valence-corrected chi connectivity index (χ4v) is 2.43. The predicted octanol–water partition coefficient (Wildman–Crippen LogP) is 2.88. The zero-order valence-electron chi connectivity index (χ0n) is 12.1. The molecule has 4 heteroatoms. The van der Waals surface area contributed by atoms with E-state index in [2.05, 4.69) is 10.3 Å². The number of hydrogen-bond acceptors (Lipinski definition) is 2. The van der Waals surface area contributed by atoms with Gasteiger partial charge in [0.25, 0.3) is 5.91 Å². The molecule has 1 aromatic carbocycles. The molecular formula is C17H17N3O. The molecule has 2 heterocycles. The molecule has 0 aliphatic rings. The topological polar surface area (TPSA) is 46.4 Å². The lowest BCUT2D eigenvalue weighted by Crippen LogP contribution is -2.23. The highest BCUT2D eigenvalue weighted by molar-refractivity contribution is 5.99. The summed E-state index contributed by atoms with van der Waals surface area (Å²) >= 11 is 0. The average Bonchev–Trinajstić information content (AvgIpc) is 2.84. The highest BCUT2D eigenvalue weighted by Gasteiger charge is 2.15. The van der Waals surface area contributed by atoms with Crippen molar-refractivity contribution < 1.29 is 4.79 Å². The van der Waals surface area contributed by atoms with Crippen LogP contribution in [0.2, 0.25) is 0 Å². The van der Waals surface area contributed by atoms with Crippen LogP contribution in [0.15, 0.2) is 48.7 Å². The molecule has 1 N–H and O–H groups in total. The van der Waals surface area contributed by atoms with Gasteiger partial charge in [-0.2, -0.15) is 0 Å². The van der Waals surface area contributed by atoms with Gasteiger partial charge in [-0.1, -0.05) is 30.3 Å². The van der Waals surface area contributed by atoms with Gasteiger partial charge in [-0.15, -0.1) is 0 Å². The van der Waals surface area contributed by atoms with E-state index in [0.29, 0.717) is 12.2 Å². The number of carbonyl (C=O) groups is 1. The summed E-state index contributed by atoms with van der Waals surface area (Å²) in [6, 6.07) is 13.8. The predicted molar refractivity (Wildman–Crippen MR) is 82.3 cm³/mol. The van der Waals surface area contributed by atoms with Crippen molar-refractivity contribution >= 4 is 11.4 Å². The molecule has 0 saturated carbocycles. The van der Waals surface area contributed by atoms with Crippen LogP contribution in [0.4, 0.5) is 0 Å². The minimum absolute atomic E-state index is 0.143. The first-order chi connectivity index (χ1) is 10.2. The number of rotatable bonds is 3. The summed E-state index contributed by atoms with van der Waals surface area (Å²) in [4.78, 5) is 16.7. The molecule has 0 radical (unpaired) electrons. The van der Waals surface area contributed by atoms with Crippen molar-refractivity contribution in [3.63, 3.8) is 0 Å². The molecule has 0 atom stereocenters. The lowest BCUT2D eigenvalue weighted by molar-refractivity contribution is 0.0948. The van der Waals surface area contributed by atoms with Gasteiger partial charge in [-0.05, 0) is 37.1 Å². The number of fused-ring (bicyclic) bond motifs is 1. The number of nitrogens with one attached hydrogen (secondary N) is 1. The number of hydrogen-bond donors (Lipinski definition) is 1. The average molecular weight is 279 g/mol. The summed E-state index contributed by atoms with van der Waals surface area (Å²) in [5, 5.41) is 2.95. The first-order valence-electron chi connectivity index (χ1n) is 6.93. The third-order valence-corrected chi connectivity index (χ3v) is 3.64. The van der Waals surface area contributed by atoms with E-state index in [1.165, 1.54) is 5.56 Å². The summed E-state index contributed by atoms with van der Waals surface area (Å²) in [5.41, 5.74) is 3.59. The van der Waals surface area contributed by atoms with Crippen LogP contribution in [-0.2, 0) is 6.54 Å². The second-order valence-electron chi connectivity index (χ2n) is 5.07. The van der Waals surface area contributed by atoms with Crippen LogP contribution < -0.4 is 5.32 Å². The van der Waals surface area contributed by atoms with Crippen LogP contribution in [-0.4, -0.2) is 15.3 Å². The van der Waals surface area contributed by atoms with E-state index in [1.807, 2.05) is 66.9 Å². The Morgan fingerprint density at radius 1 is 1.14 bits per heavy atom. The Balaban J connectivity index is 1.83. The molecule has 106 valence electrons. The fraction of sp³-hybridized carbons (Fsp3) is 0.176. The summed E-state index contributed by atoms with van der Waals surface area (Å²) in [7, 11) is 0. The highest BCUT2D eigenvalue weighted by Crippen LogP contribution is 2.13. The van der Waals surface area contributed by atoms with E-state index in [1.54, 1.807) is 0 Å². The Bertz CT molecular complexity index is 805. The van der Waals surface area contributed by atoms with Crippen molar-refractivity contribution in [2.75, 3.05) is 0 Å². The zero-order chi connectivity index (χ0) is 14.8. The molecule has 0 aliphatic carbocycles. The molecule has 0 bridgehead atoms. The van der Waals surface area contributed by atoms with E-state index in [-0.39, 0.29) is 5.91 Å². The van der Waals surface area contributed by atoms with Crippen molar-refractivity contribution in [2.45, 2.75) is 20.4 Å². The zero-order valence-corrected chi connectivity index (χ0v) is 12.1. The Morgan fingerprint density at radius 2 is 1.90 bits per heavy atom. The van der Waals surface area contributed by atoms with Gasteiger partial charge in [0.05, 0.1) is 5.52 Å². The number of aromatic nitrogens is 2. The monoisotopic (exact) mass is 279 g/mol. The van der Waals surface area contributed by atoms with E-state index in [0.717, 1.165) is 16.9 Å². The Morgan fingerprint density at radius 3 is 2.71 bits per heavy atom. The second-order valence-corrected chi connectivity index (χ2v) is 5.07. The van der Waals surface area contributed by atoms with Crippen molar-refractivity contribution in [3.8, 4) is 0 Å². The maximum Gasteiger partial charge on any atom is 0.272 e. The van der Waals surface area contributed by atoms with Crippen LogP contribution in [0, 0.1) is 13.8 Å². The van der Waals surface area contributed by atoms with Gasteiger partial charge in [-0.3, -0.25) is 4.79 Å². The van der Waals surface area contributed by atoms with Crippen molar-refractivity contribution in [1.82, 2.24) is 14.7 Å². The fourth-order valence-electron chi connectivity index (χ4n) is 2.43. The molecule has 3 rings (SSSR count). The summed E-state index contributed by atoms with van der Waals surface area (Å²) < 4.78 is 1.92. The van der Waals surface area contributed by atoms with Crippen LogP contribution in [0.1, 0.15) is 27.4 Å². The number of imidazole rings is 1. The second kappa shape index (κ2) is 5.40. The molecule has 4 nitrogen and oxygen atoms in total. The van der Waals surface area contributed by atoms with Crippen molar-refractivity contribution in [2.24, 2.45) is 0 Å². The number of nitrogens with zero attached hydrogens (tertiary/aromatic N) is 2. The smallest absolute Gasteiger partial charge is 0.272 e. The standard InChI is InChI=1S/C17H17N3O/c1-12-7-3-4-8-14(12)11-18-17(21)16-15-9-5-6-10-20(15)13(2)19-16/h3-10H,11H2,1-2H3,(H,18,21). The normalized spacial score (nSPS) is 10.8. The van der Waals surface area contributed by atoms with Gasteiger partial charge in [0, 0.05) is 12.7 Å². The molecule has 0 fully saturated rings. The molecule has 0 unspecified atom stereocenters.